The average molecular weight is 404 g/mol. The molecule has 0 saturated heterocycles. The van der Waals surface area contributed by atoms with Gasteiger partial charge in [0.25, 0.3) is 5.91 Å². The summed E-state index contributed by atoms with van der Waals surface area (Å²) in [6, 6.07) is 11.5. The molecule has 0 atom stereocenters. The highest BCUT2D eigenvalue weighted by Crippen LogP contribution is 2.16. The van der Waals surface area contributed by atoms with Crippen molar-refractivity contribution >= 4 is 29.3 Å². The van der Waals surface area contributed by atoms with E-state index in [9.17, 15) is 4.79 Å². The second-order valence-electron chi connectivity index (χ2n) is 5.63. The van der Waals surface area contributed by atoms with Gasteiger partial charge in [0.05, 0.1) is 24.1 Å². The molecule has 3 rings (SSSR count). The molecule has 0 bridgehead atoms. The fraction of sp³-hybridized carbons (Fsp3) is 0.211. The second kappa shape index (κ2) is 9.55. The van der Waals surface area contributed by atoms with Crippen LogP contribution in [0.3, 0.4) is 0 Å². The van der Waals surface area contributed by atoms with E-state index >= 15 is 0 Å². The predicted octanol–water partition coefficient (Wildman–Crippen LogP) is 4.09. The number of halogens is 1. The van der Waals surface area contributed by atoms with E-state index in [1.54, 1.807) is 6.26 Å². The number of benzene rings is 1. The van der Waals surface area contributed by atoms with Crippen LogP contribution in [0, 0.1) is 0 Å². The van der Waals surface area contributed by atoms with Crippen molar-refractivity contribution in [2.75, 3.05) is 6.26 Å². The van der Waals surface area contributed by atoms with E-state index in [1.807, 2.05) is 42.7 Å². The van der Waals surface area contributed by atoms with E-state index < -0.39 is 0 Å². The zero-order chi connectivity index (χ0) is 19.1. The van der Waals surface area contributed by atoms with Crippen molar-refractivity contribution in [2.45, 2.75) is 24.9 Å². The third-order valence-corrected chi connectivity index (χ3v) is 4.50. The minimum atomic E-state index is -0.336. The maximum absolute atomic E-state index is 12.4. The summed E-state index contributed by atoms with van der Waals surface area (Å²) in [5.74, 6) is 0.446. The number of rotatable bonds is 8. The molecule has 0 aliphatic rings. The number of nitrogens with zero attached hydrogens (tertiary/aromatic N) is 2. The maximum atomic E-state index is 12.4. The Balaban J connectivity index is 1.55. The van der Waals surface area contributed by atoms with Crippen LogP contribution in [0.15, 0.2) is 58.4 Å². The Hall–Kier alpha value is -2.35. The van der Waals surface area contributed by atoms with Gasteiger partial charge in [0.2, 0.25) is 0 Å². The SMILES string of the molecule is CSc1ncc(Cl)c(C(=O)NCc2cccc(COCc3ccco3)c2)n1. The van der Waals surface area contributed by atoms with Crippen LogP contribution in [0.5, 0.6) is 0 Å². The van der Waals surface area contributed by atoms with Gasteiger partial charge in [0.15, 0.2) is 10.9 Å². The quantitative estimate of drug-likeness (QED) is 0.451. The summed E-state index contributed by atoms with van der Waals surface area (Å²) in [5.41, 5.74) is 2.14. The second-order valence-corrected chi connectivity index (χ2v) is 6.81. The first-order valence-electron chi connectivity index (χ1n) is 8.18. The van der Waals surface area contributed by atoms with Crippen molar-refractivity contribution < 1.29 is 13.9 Å². The summed E-state index contributed by atoms with van der Waals surface area (Å²) in [4.78, 5) is 20.6. The van der Waals surface area contributed by atoms with Crippen LogP contribution in [0.25, 0.3) is 0 Å². The number of aromatic nitrogens is 2. The number of amides is 1. The van der Waals surface area contributed by atoms with Gasteiger partial charge in [-0.1, -0.05) is 47.6 Å². The summed E-state index contributed by atoms with van der Waals surface area (Å²) in [7, 11) is 0. The first-order valence-corrected chi connectivity index (χ1v) is 9.78. The summed E-state index contributed by atoms with van der Waals surface area (Å²) < 4.78 is 10.9. The van der Waals surface area contributed by atoms with Crippen LogP contribution in [0.1, 0.15) is 27.4 Å². The molecule has 27 heavy (non-hydrogen) atoms. The molecule has 0 spiro atoms. The number of furan rings is 1. The molecule has 0 aliphatic carbocycles. The summed E-state index contributed by atoms with van der Waals surface area (Å²) in [6.07, 6.45) is 4.89. The van der Waals surface area contributed by atoms with Gasteiger partial charge in [-0.2, -0.15) is 0 Å². The Morgan fingerprint density at radius 3 is 2.89 bits per heavy atom. The normalized spacial score (nSPS) is 10.7. The van der Waals surface area contributed by atoms with Crippen molar-refractivity contribution in [1.29, 1.82) is 0 Å². The Morgan fingerprint density at radius 2 is 2.11 bits per heavy atom. The van der Waals surface area contributed by atoms with Crippen LogP contribution in [-0.2, 0) is 24.5 Å². The van der Waals surface area contributed by atoms with Crippen LogP contribution < -0.4 is 5.32 Å². The lowest BCUT2D eigenvalue weighted by atomic mass is 10.1. The molecule has 6 nitrogen and oxygen atoms in total. The zero-order valence-electron chi connectivity index (χ0n) is 14.6. The van der Waals surface area contributed by atoms with Crippen LogP contribution >= 0.6 is 23.4 Å². The third-order valence-electron chi connectivity index (χ3n) is 3.66. The van der Waals surface area contributed by atoms with Crippen molar-refractivity contribution in [2.24, 2.45) is 0 Å². The minimum Gasteiger partial charge on any atom is -0.467 e. The van der Waals surface area contributed by atoms with Gasteiger partial charge in [-0.05, 0) is 29.5 Å². The van der Waals surface area contributed by atoms with Crippen molar-refractivity contribution in [3.05, 3.63) is 76.5 Å². The number of ether oxygens (including phenoxy) is 1. The lowest BCUT2D eigenvalue weighted by Gasteiger charge is -2.09. The van der Waals surface area contributed by atoms with Gasteiger partial charge in [-0.15, -0.1) is 0 Å². The topological polar surface area (TPSA) is 77.2 Å². The number of nitrogens with one attached hydrogen (secondary N) is 1. The largest absolute Gasteiger partial charge is 0.467 e. The molecule has 3 aromatic rings. The molecular formula is C19H18ClN3O3S. The average Bonchev–Trinajstić information content (AvgIpc) is 3.20. The minimum absolute atomic E-state index is 0.175. The number of hydrogen-bond donors (Lipinski definition) is 1. The Labute approximate surface area is 166 Å². The van der Waals surface area contributed by atoms with Gasteiger partial charge in [0.1, 0.15) is 12.4 Å². The van der Waals surface area contributed by atoms with E-state index in [0.717, 1.165) is 16.9 Å². The fourth-order valence-electron chi connectivity index (χ4n) is 2.37. The zero-order valence-corrected chi connectivity index (χ0v) is 16.2. The summed E-state index contributed by atoms with van der Waals surface area (Å²) >= 11 is 7.39. The molecule has 140 valence electrons. The molecule has 1 N–H and O–H groups in total. The Bertz CT molecular complexity index is 903. The predicted molar refractivity (Wildman–Crippen MR) is 104 cm³/mol. The molecule has 2 heterocycles. The first kappa shape index (κ1) is 19.4. The molecule has 8 heteroatoms. The molecule has 1 aromatic carbocycles. The van der Waals surface area contributed by atoms with Crippen LogP contribution in [-0.4, -0.2) is 22.1 Å². The van der Waals surface area contributed by atoms with Crippen molar-refractivity contribution in [3.63, 3.8) is 0 Å². The van der Waals surface area contributed by atoms with E-state index in [2.05, 4.69) is 15.3 Å². The van der Waals surface area contributed by atoms with Gasteiger partial charge in [-0.25, -0.2) is 9.97 Å². The smallest absolute Gasteiger partial charge is 0.271 e. The van der Waals surface area contributed by atoms with Crippen molar-refractivity contribution in [1.82, 2.24) is 15.3 Å². The molecule has 0 aliphatic heterocycles. The van der Waals surface area contributed by atoms with Gasteiger partial charge in [-0.3, -0.25) is 4.79 Å². The molecule has 2 aromatic heterocycles. The van der Waals surface area contributed by atoms with Gasteiger partial charge < -0.3 is 14.5 Å². The number of carbonyl (C=O) groups excluding carboxylic acids is 1. The maximum Gasteiger partial charge on any atom is 0.271 e. The summed E-state index contributed by atoms with van der Waals surface area (Å²) in [5, 5.41) is 3.56. The molecule has 0 saturated carbocycles. The fourth-order valence-corrected chi connectivity index (χ4v) is 2.89. The van der Waals surface area contributed by atoms with Crippen LogP contribution in [0.4, 0.5) is 0 Å². The molecule has 0 radical (unpaired) electrons. The Kier molecular flexibility index (Phi) is 6.86. The highest BCUT2D eigenvalue weighted by molar-refractivity contribution is 7.98. The standard InChI is InChI=1S/C19H18ClN3O3S/c1-27-19-22-10-16(20)17(23-19)18(24)21-9-13-4-2-5-14(8-13)11-25-12-15-6-3-7-26-15/h2-8,10H,9,11-12H2,1H3,(H,21,24). The highest BCUT2D eigenvalue weighted by Gasteiger charge is 2.13. The first-order chi connectivity index (χ1) is 13.2. The lowest BCUT2D eigenvalue weighted by molar-refractivity contribution is 0.0928. The van der Waals surface area contributed by atoms with Gasteiger partial charge >= 0.3 is 0 Å². The summed E-state index contributed by atoms with van der Waals surface area (Å²) in [6.45, 7) is 1.23. The van der Waals surface area contributed by atoms with Gasteiger partial charge in [0, 0.05) is 6.54 Å². The number of hydrogen-bond acceptors (Lipinski definition) is 6. The molecule has 0 unspecified atom stereocenters. The van der Waals surface area contributed by atoms with Crippen LogP contribution in [0.2, 0.25) is 5.02 Å². The van der Waals surface area contributed by atoms with Crippen molar-refractivity contribution in [3.8, 4) is 0 Å². The highest BCUT2D eigenvalue weighted by atomic mass is 35.5. The Morgan fingerprint density at radius 1 is 1.26 bits per heavy atom. The number of carbonyl (C=O) groups is 1. The third kappa shape index (κ3) is 5.56. The van der Waals surface area contributed by atoms with E-state index in [4.69, 9.17) is 20.8 Å². The van der Waals surface area contributed by atoms with E-state index in [1.165, 1.54) is 18.0 Å². The monoisotopic (exact) mass is 403 g/mol. The van der Waals surface area contributed by atoms with E-state index in [-0.39, 0.29) is 16.6 Å². The lowest BCUT2D eigenvalue weighted by Crippen LogP contribution is -2.24. The number of thioether (sulfide) groups is 1. The molecular weight excluding hydrogens is 386 g/mol. The molecule has 0 fully saturated rings. The molecule has 1 amide bonds. The van der Waals surface area contributed by atoms with E-state index in [0.29, 0.717) is 24.9 Å².